The van der Waals surface area contributed by atoms with Crippen LogP contribution in [-0.2, 0) is 14.2 Å². The molecule has 0 aromatic heterocycles. The van der Waals surface area contributed by atoms with E-state index in [1.807, 2.05) is 0 Å². The van der Waals surface area contributed by atoms with E-state index in [-0.39, 0.29) is 24.0 Å². The van der Waals surface area contributed by atoms with Crippen molar-refractivity contribution in [3.05, 3.63) is 0 Å². The lowest BCUT2D eigenvalue weighted by molar-refractivity contribution is -0.0318. The van der Waals surface area contributed by atoms with Gasteiger partial charge in [-0.3, -0.25) is 9.89 Å². The van der Waals surface area contributed by atoms with E-state index in [0.717, 1.165) is 103 Å². The van der Waals surface area contributed by atoms with Gasteiger partial charge in [0, 0.05) is 65.6 Å². The monoisotopic (exact) mass is 510 g/mol. The van der Waals surface area contributed by atoms with Crippen LogP contribution in [0.2, 0.25) is 0 Å². The predicted octanol–water partition coefficient (Wildman–Crippen LogP) is 1.81. The summed E-state index contributed by atoms with van der Waals surface area (Å²) in [7, 11) is 0. The van der Waals surface area contributed by atoms with E-state index in [4.69, 9.17) is 19.2 Å². The van der Waals surface area contributed by atoms with Gasteiger partial charge in [0.05, 0.1) is 19.3 Å². The highest BCUT2D eigenvalue weighted by Crippen LogP contribution is 2.18. The van der Waals surface area contributed by atoms with Crippen molar-refractivity contribution < 1.29 is 14.2 Å². The maximum Gasteiger partial charge on any atom is 0.193 e. The molecule has 28 heavy (non-hydrogen) atoms. The number of likely N-dealkylation sites (tertiary alicyclic amines) is 1. The predicted molar refractivity (Wildman–Crippen MR) is 123 cm³/mol. The van der Waals surface area contributed by atoms with Crippen molar-refractivity contribution >= 4 is 29.9 Å². The van der Waals surface area contributed by atoms with Crippen molar-refractivity contribution in [3.63, 3.8) is 0 Å². The van der Waals surface area contributed by atoms with E-state index in [9.17, 15) is 0 Å². The number of morpholine rings is 1. The standard InChI is InChI=1S/C20H38N4O3.HI/c1-2-21-20(22-7-3-11-27-19-5-12-25-13-6-19)24-8-4-18(17-24)16-23-9-14-26-15-10-23;/h18-19H,2-17H2,1H3,(H,21,22);1H. The molecule has 7 nitrogen and oxygen atoms in total. The van der Waals surface area contributed by atoms with E-state index in [1.165, 1.54) is 13.0 Å². The Morgan fingerprint density at radius 3 is 2.57 bits per heavy atom. The van der Waals surface area contributed by atoms with Crippen molar-refractivity contribution in [2.75, 3.05) is 78.8 Å². The van der Waals surface area contributed by atoms with Gasteiger partial charge in [0.15, 0.2) is 5.96 Å². The maximum atomic E-state index is 5.95. The van der Waals surface area contributed by atoms with Crippen molar-refractivity contribution in [2.45, 2.75) is 38.7 Å². The molecular weight excluding hydrogens is 471 g/mol. The fraction of sp³-hybridized carbons (Fsp3) is 0.950. The Bertz CT molecular complexity index is 443. The Morgan fingerprint density at radius 2 is 1.82 bits per heavy atom. The van der Waals surface area contributed by atoms with Crippen LogP contribution in [0.15, 0.2) is 4.99 Å². The van der Waals surface area contributed by atoms with Crippen molar-refractivity contribution in [1.82, 2.24) is 15.1 Å². The van der Waals surface area contributed by atoms with Crippen LogP contribution >= 0.6 is 24.0 Å². The van der Waals surface area contributed by atoms with E-state index in [0.29, 0.717) is 6.10 Å². The molecule has 3 fully saturated rings. The minimum absolute atomic E-state index is 0. The van der Waals surface area contributed by atoms with Crippen LogP contribution in [0.4, 0.5) is 0 Å². The van der Waals surface area contributed by atoms with Crippen LogP contribution in [-0.4, -0.2) is 101 Å². The highest BCUT2D eigenvalue weighted by Gasteiger charge is 2.27. The highest BCUT2D eigenvalue weighted by atomic mass is 127. The summed E-state index contributed by atoms with van der Waals surface area (Å²) in [5.41, 5.74) is 0. The number of rotatable bonds is 8. The summed E-state index contributed by atoms with van der Waals surface area (Å²) in [4.78, 5) is 9.84. The minimum atomic E-state index is 0. The fourth-order valence-corrected chi connectivity index (χ4v) is 4.09. The highest BCUT2D eigenvalue weighted by molar-refractivity contribution is 14.0. The van der Waals surface area contributed by atoms with Crippen LogP contribution in [0.5, 0.6) is 0 Å². The van der Waals surface area contributed by atoms with Gasteiger partial charge in [-0.25, -0.2) is 0 Å². The lowest BCUT2D eigenvalue weighted by Gasteiger charge is -2.29. The third-order valence-corrected chi connectivity index (χ3v) is 5.63. The third-order valence-electron chi connectivity index (χ3n) is 5.63. The average molecular weight is 510 g/mol. The van der Waals surface area contributed by atoms with Gasteiger partial charge in [-0.1, -0.05) is 0 Å². The second kappa shape index (κ2) is 14.0. The van der Waals surface area contributed by atoms with Gasteiger partial charge < -0.3 is 24.4 Å². The molecular formula is C20H39IN4O3. The SMILES string of the molecule is CCNC(=NCCCOC1CCOCC1)N1CCC(CN2CCOCC2)C1.I. The molecule has 3 saturated heterocycles. The number of guanidine groups is 1. The second-order valence-electron chi connectivity index (χ2n) is 7.79. The number of aliphatic imine (C=N–C) groups is 1. The Hall–Kier alpha value is -0.160. The molecule has 3 aliphatic heterocycles. The molecule has 0 spiro atoms. The molecule has 1 atom stereocenters. The summed E-state index contributed by atoms with van der Waals surface area (Å²) < 4.78 is 16.8. The Balaban J connectivity index is 0.00000280. The fourth-order valence-electron chi connectivity index (χ4n) is 4.09. The van der Waals surface area contributed by atoms with E-state index in [2.05, 4.69) is 22.0 Å². The first-order valence-electron chi connectivity index (χ1n) is 10.9. The van der Waals surface area contributed by atoms with Gasteiger partial charge in [-0.05, 0) is 38.5 Å². The summed E-state index contributed by atoms with van der Waals surface area (Å²) in [6, 6.07) is 0. The minimum Gasteiger partial charge on any atom is -0.381 e. The summed E-state index contributed by atoms with van der Waals surface area (Å²) in [5.74, 6) is 1.82. The zero-order valence-electron chi connectivity index (χ0n) is 17.4. The van der Waals surface area contributed by atoms with Crippen LogP contribution < -0.4 is 5.32 Å². The van der Waals surface area contributed by atoms with Crippen LogP contribution in [0.3, 0.4) is 0 Å². The topological polar surface area (TPSA) is 58.6 Å². The van der Waals surface area contributed by atoms with Crippen LogP contribution in [0, 0.1) is 5.92 Å². The first kappa shape index (κ1) is 24.1. The Morgan fingerprint density at radius 1 is 1.07 bits per heavy atom. The number of hydrogen-bond acceptors (Lipinski definition) is 5. The van der Waals surface area contributed by atoms with Gasteiger partial charge >= 0.3 is 0 Å². The number of nitrogens with one attached hydrogen (secondary N) is 1. The van der Waals surface area contributed by atoms with E-state index in [1.54, 1.807) is 0 Å². The molecule has 0 bridgehead atoms. The van der Waals surface area contributed by atoms with Gasteiger partial charge in [0.25, 0.3) is 0 Å². The first-order chi connectivity index (χ1) is 13.3. The number of hydrogen-bond donors (Lipinski definition) is 1. The molecule has 3 aliphatic rings. The average Bonchev–Trinajstić information content (AvgIpc) is 3.17. The van der Waals surface area contributed by atoms with Crippen molar-refractivity contribution in [3.8, 4) is 0 Å². The molecule has 1 N–H and O–H groups in total. The lowest BCUT2D eigenvalue weighted by atomic mass is 10.1. The van der Waals surface area contributed by atoms with Crippen molar-refractivity contribution in [1.29, 1.82) is 0 Å². The molecule has 0 radical (unpaired) electrons. The summed E-state index contributed by atoms with van der Waals surface area (Å²) in [6.45, 7) is 13.7. The van der Waals surface area contributed by atoms with E-state index < -0.39 is 0 Å². The summed E-state index contributed by atoms with van der Waals surface area (Å²) in [5, 5.41) is 3.47. The molecule has 0 aromatic rings. The number of ether oxygens (including phenoxy) is 3. The zero-order chi connectivity index (χ0) is 18.7. The van der Waals surface area contributed by atoms with Crippen LogP contribution in [0.25, 0.3) is 0 Å². The Labute approximate surface area is 187 Å². The van der Waals surface area contributed by atoms with Crippen LogP contribution in [0.1, 0.15) is 32.6 Å². The van der Waals surface area contributed by atoms with Gasteiger partial charge in [-0.2, -0.15) is 0 Å². The molecule has 8 heteroatoms. The van der Waals surface area contributed by atoms with Gasteiger partial charge in [-0.15, -0.1) is 24.0 Å². The summed E-state index contributed by atoms with van der Waals surface area (Å²) in [6.07, 6.45) is 4.69. The van der Waals surface area contributed by atoms with Gasteiger partial charge in [0.1, 0.15) is 0 Å². The van der Waals surface area contributed by atoms with Gasteiger partial charge in [0.2, 0.25) is 0 Å². The number of nitrogens with zero attached hydrogens (tertiary/aromatic N) is 3. The smallest absolute Gasteiger partial charge is 0.193 e. The third kappa shape index (κ3) is 8.30. The molecule has 3 rings (SSSR count). The Kier molecular flexibility index (Phi) is 12.0. The molecule has 0 saturated carbocycles. The zero-order valence-corrected chi connectivity index (χ0v) is 19.8. The molecule has 164 valence electrons. The summed E-state index contributed by atoms with van der Waals surface area (Å²) >= 11 is 0. The maximum absolute atomic E-state index is 5.95. The molecule has 0 amide bonds. The molecule has 0 aliphatic carbocycles. The van der Waals surface area contributed by atoms with Crippen molar-refractivity contribution in [2.24, 2.45) is 10.9 Å². The largest absolute Gasteiger partial charge is 0.381 e. The first-order valence-corrected chi connectivity index (χ1v) is 10.9. The second-order valence-corrected chi connectivity index (χ2v) is 7.79. The molecule has 0 aromatic carbocycles. The lowest BCUT2D eigenvalue weighted by Crippen LogP contribution is -2.42. The van der Waals surface area contributed by atoms with E-state index >= 15 is 0 Å². The normalized spacial score (nSPS) is 25.0. The number of halogens is 1. The quantitative estimate of drug-likeness (QED) is 0.233. The molecule has 1 unspecified atom stereocenters. The molecule has 3 heterocycles.